The van der Waals surface area contributed by atoms with Gasteiger partial charge in [-0.1, -0.05) is 39.5 Å². The zero-order valence-corrected chi connectivity index (χ0v) is 15.4. The van der Waals surface area contributed by atoms with Gasteiger partial charge in [0.15, 0.2) is 5.96 Å². The number of hydrogen-bond donors (Lipinski definition) is 2. The van der Waals surface area contributed by atoms with Crippen LogP contribution in [0.3, 0.4) is 0 Å². The summed E-state index contributed by atoms with van der Waals surface area (Å²) in [5.74, 6) is 1.22. The Morgan fingerprint density at radius 2 is 1.90 bits per heavy atom. The second kappa shape index (κ2) is 12.7. The van der Waals surface area contributed by atoms with Crippen molar-refractivity contribution in [1.82, 2.24) is 5.32 Å². The Kier molecular flexibility index (Phi) is 12.7. The average molecular weight is 397 g/mol. The second-order valence-electron chi connectivity index (χ2n) is 5.86. The van der Waals surface area contributed by atoms with Crippen molar-refractivity contribution in [3.8, 4) is 0 Å². The van der Waals surface area contributed by atoms with Crippen molar-refractivity contribution in [2.45, 2.75) is 64.9 Å². The standard InChI is InChI=1S/C15H31N3O.HI/c1-13(2)9-10-17-15(16)18-11-12-19-14-7-5-3-4-6-8-14;/h13-14H,3-12H2,1-2H3,(H3,16,17,18);1H. The van der Waals surface area contributed by atoms with E-state index >= 15 is 0 Å². The summed E-state index contributed by atoms with van der Waals surface area (Å²) < 4.78 is 5.88. The first-order valence-electron chi connectivity index (χ1n) is 7.84. The van der Waals surface area contributed by atoms with Crippen LogP contribution in [0.15, 0.2) is 4.99 Å². The third-order valence-electron chi connectivity index (χ3n) is 3.55. The highest BCUT2D eigenvalue weighted by Crippen LogP contribution is 2.19. The van der Waals surface area contributed by atoms with Crippen molar-refractivity contribution in [2.24, 2.45) is 16.6 Å². The number of nitrogens with one attached hydrogen (secondary N) is 1. The van der Waals surface area contributed by atoms with Crippen LogP contribution in [-0.2, 0) is 4.74 Å². The number of nitrogens with zero attached hydrogens (tertiary/aromatic N) is 1. The number of aliphatic imine (C=N–C) groups is 1. The van der Waals surface area contributed by atoms with Gasteiger partial charge in [0.25, 0.3) is 0 Å². The van der Waals surface area contributed by atoms with E-state index in [2.05, 4.69) is 24.2 Å². The Labute approximate surface area is 141 Å². The first-order valence-corrected chi connectivity index (χ1v) is 7.84. The molecule has 1 fully saturated rings. The molecule has 0 spiro atoms. The number of ether oxygens (including phenoxy) is 1. The van der Waals surface area contributed by atoms with Gasteiger partial charge >= 0.3 is 0 Å². The molecular weight excluding hydrogens is 365 g/mol. The molecule has 1 rings (SSSR count). The fraction of sp³-hybridized carbons (Fsp3) is 0.933. The first kappa shape index (κ1) is 20.0. The molecule has 0 aromatic rings. The number of hydrogen-bond acceptors (Lipinski definition) is 2. The quantitative estimate of drug-likeness (QED) is 0.228. The SMILES string of the molecule is CC(C)CCN=C(N)NCCOC1CCCCCC1.I. The van der Waals surface area contributed by atoms with E-state index in [1.54, 1.807) is 0 Å². The van der Waals surface area contributed by atoms with Crippen LogP contribution in [0.5, 0.6) is 0 Å². The lowest BCUT2D eigenvalue weighted by Crippen LogP contribution is -2.35. The maximum Gasteiger partial charge on any atom is 0.188 e. The zero-order valence-electron chi connectivity index (χ0n) is 13.1. The molecular formula is C15H32IN3O. The summed E-state index contributed by atoms with van der Waals surface area (Å²) in [5, 5.41) is 3.11. The van der Waals surface area contributed by atoms with Crippen molar-refractivity contribution in [2.75, 3.05) is 19.7 Å². The van der Waals surface area contributed by atoms with E-state index in [1.165, 1.54) is 38.5 Å². The van der Waals surface area contributed by atoms with Crippen molar-refractivity contribution >= 4 is 29.9 Å². The van der Waals surface area contributed by atoms with Gasteiger partial charge in [-0.15, -0.1) is 24.0 Å². The fourth-order valence-corrected chi connectivity index (χ4v) is 2.31. The normalized spacial score (nSPS) is 17.6. The molecule has 0 amide bonds. The second-order valence-corrected chi connectivity index (χ2v) is 5.86. The molecule has 0 heterocycles. The molecule has 0 unspecified atom stereocenters. The number of guanidine groups is 1. The maximum absolute atomic E-state index is 5.88. The van der Waals surface area contributed by atoms with Crippen LogP contribution in [0.1, 0.15) is 58.8 Å². The van der Waals surface area contributed by atoms with Gasteiger partial charge in [-0.05, 0) is 25.2 Å². The molecule has 20 heavy (non-hydrogen) atoms. The number of nitrogens with two attached hydrogens (primary N) is 1. The Morgan fingerprint density at radius 1 is 1.25 bits per heavy atom. The van der Waals surface area contributed by atoms with Gasteiger partial charge in [-0.25, -0.2) is 0 Å². The van der Waals surface area contributed by atoms with Crippen molar-refractivity contribution in [3.63, 3.8) is 0 Å². The highest BCUT2D eigenvalue weighted by atomic mass is 127. The predicted octanol–water partition coefficient (Wildman–Crippen LogP) is 3.29. The molecule has 120 valence electrons. The summed E-state index contributed by atoms with van der Waals surface area (Å²) in [6.07, 6.45) is 9.36. The third-order valence-corrected chi connectivity index (χ3v) is 3.55. The molecule has 5 heteroatoms. The Balaban J connectivity index is 0.00000361. The summed E-state index contributed by atoms with van der Waals surface area (Å²) >= 11 is 0. The minimum Gasteiger partial charge on any atom is -0.376 e. The van der Waals surface area contributed by atoms with Crippen LogP contribution in [0.4, 0.5) is 0 Å². The van der Waals surface area contributed by atoms with Crippen LogP contribution >= 0.6 is 24.0 Å². The lowest BCUT2D eigenvalue weighted by atomic mass is 10.1. The molecule has 1 aliphatic rings. The number of halogens is 1. The van der Waals surface area contributed by atoms with E-state index in [4.69, 9.17) is 10.5 Å². The van der Waals surface area contributed by atoms with Gasteiger partial charge in [0, 0.05) is 13.1 Å². The van der Waals surface area contributed by atoms with Gasteiger partial charge in [0.2, 0.25) is 0 Å². The summed E-state index contributed by atoms with van der Waals surface area (Å²) in [6, 6.07) is 0. The molecule has 0 aliphatic heterocycles. The van der Waals surface area contributed by atoms with E-state index < -0.39 is 0 Å². The Bertz CT molecular complexity index is 252. The lowest BCUT2D eigenvalue weighted by molar-refractivity contribution is 0.0468. The van der Waals surface area contributed by atoms with Crippen molar-refractivity contribution < 1.29 is 4.74 Å². The van der Waals surface area contributed by atoms with Gasteiger partial charge in [0.1, 0.15) is 0 Å². The summed E-state index contributed by atoms with van der Waals surface area (Å²) in [4.78, 5) is 4.29. The van der Waals surface area contributed by atoms with Crippen LogP contribution in [0.25, 0.3) is 0 Å². The molecule has 1 aliphatic carbocycles. The Hall–Kier alpha value is -0.0400. The highest BCUT2D eigenvalue weighted by molar-refractivity contribution is 14.0. The molecule has 0 atom stereocenters. The van der Waals surface area contributed by atoms with Gasteiger partial charge < -0.3 is 15.8 Å². The van der Waals surface area contributed by atoms with Crippen molar-refractivity contribution in [1.29, 1.82) is 0 Å². The van der Waals surface area contributed by atoms with Crippen LogP contribution in [0, 0.1) is 5.92 Å². The topological polar surface area (TPSA) is 59.6 Å². The molecule has 0 saturated heterocycles. The predicted molar refractivity (Wildman–Crippen MR) is 96.8 cm³/mol. The first-order chi connectivity index (χ1) is 9.18. The molecule has 3 N–H and O–H groups in total. The van der Waals surface area contributed by atoms with Gasteiger partial charge in [-0.2, -0.15) is 0 Å². The third kappa shape index (κ3) is 10.7. The Morgan fingerprint density at radius 3 is 2.50 bits per heavy atom. The smallest absolute Gasteiger partial charge is 0.188 e. The highest BCUT2D eigenvalue weighted by Gasteiger charge is 2.11. The molecule has 0 aromatic carbocycles. The molecule has 0 aromatic heterocycles. The minimum atomic E-state index is 0. The molecule has 1 saturated carbocycles. The molecule has 4 nitrogen and oxygen atoms in total. The van der Waals surface area contributed by atoms with E-state index in [9.17, 15) is 0 Å². The van der Waals surface area contributed by atoms with Gasteiger partial charge in [-0.3, -0.25) is 4.99 Å². The maximum atomic E-state index is 5.88. The van der Waals surface area contributed by atoms with E-state index in [0.717, 1.165) is 26.1 Å². The number of rotatable bonds is 7. The van der Waals surface area contributed by atoms with E-state index in [-0.39, 0.29) is 24.0 Å². The van der Waals surface area contributed by atoms with Crippen LogP contribution in [-0.4, -0.2) is 31.8 Å². The van der Waals surface area contributed by atoms with Crippen LogP contribution in [0.2, 0.25) is 0 Å². The van der Waals surface area contributed by atoms with Crippen LogP contribution < -0.4 is 11.1 Å². The van der Waals surface area contributed by atoms with Gasteiger partial charge in [0.05, 0.1) is 12.7 Å². The molecule has 0 bridgehead atoms. The summed E-state index contributed by atoms with van der Waals surface area (Å²) in [6.45, 7) is 6.68. The molecule has 0 radical (unpaired) electrons. The minimum absolute atomic E-state index is 0. The summed E-state index contributed by atoms with van der Waals surface area (Å²) in [5.41, 5.74) is 5.79. The monoisotopic (exact) mass is 397 g/mol. The van der Waals surface area contributed by atoms with E-state index in [0.29, 0.717) is 18.0 Å². The largest absolute Gasteiger partial charge is 0.376 e. The van der Waals surface area contributed by atoms with Crippen molar-refractivity contribution in [3.05, 3.63) is 0 Å². The summed E-state index contributed by atoms with van der Waals surface area (Å²) in [7, 11) is 0. The zero-order chi connectivity index (χ0) is 13.9. The average Bonchev–Trinajstić information content (AvgIpc) is 2.63. The lowest BCUT2D eigenvalue weighted by Gasteiger charge is -2.15. The van der Waals surface area contributed by atoms with E-state index in [1.807, 2.05) is 0 Å². The fourth-order valence-electron chi connectivity index (χ4n) is 2.31.